The van der Waals surface area contributed by atoms with E-state index in [4.69, 9.17) is 16.6 Å². The molecule has 4 aromatic carbocycles. The maximum atomic E-state index is 13.4. The maximum Gasteiger partial charge on any atom is 0.264 e. The van der Waals surface area contributed by atoms with Gasteiger partial charge in [-0.3, -0.25) is 9.20 Å². The molecule has 0 amide bonds. The molecule has 0 saturated heterocycles. The fourth-order valence-corrected chi connectivity index (χ4v) is 4.47. The van der Waals surface area contributed by atoms with Crippen molar-refractivity contribution in [2.45, 2.75) is 0 Å². The molecule has 0 aliphatic heterocycles. The molecule has 0 bridgehead atoms. The van der Waals surface area contributed by atoms with Crippen LogP contribution in [-0.2, 0) is 0 Å². The van der Waals surface area contributed by atoms with Gasteiger partial charge in [-0.25, -0.2) is 4.98 Å². The molecule has 0 aliphatic rings. The normalized spacial score (nSPS) is 11.9. The lowest BCUT2D eigenvalue weighted by Crippen LogP contribution is -2.13. The molecule has 0 aliphatic carbocycles. The molecule has 6 rings (SSSR count). The van der Waals surface area contributed by atoms with Crippen molar-refractivity contribution in [1.82, 2.24) is 9.38 Å². The zero-order valence-corrected chi connectivity index (χ0v) is 15.4. The quantitative estimate of drug-likeness (QED) is 0.355. The van der Waals surface area contributed by atoms with Gasteiger partial charge in [-0.15, -0.1) is 0 Å². The number of aromatic nitrogens is 2. The topological polar surface area (TPSA) is 34.4 Å². The Morgan fingerprint density at radius 3 is 2.36 bits per heavy atom. The van der Waals surface area contributed by atoms with Crippen LogP contribution in [0.15, 0.2) is 83.7 Å². The van der Waals surface area contributed by atoms with E-state index in [1.54, 1.807) is 4.40 Å². The number of hydrogen-bond acceptors (Lipinski definition) is 2. The first-order valence-electron chi connectivity index (χ1n) is 9.07. The van der Waals surface area contributed by atoms with E-state index in [1.165, 1.54) is 0 Å². The summed E-state index contributed by atoms with van der Waals surface area (Å²) >= 11 is 6.65. The highest BCUT2D eigenvalue weighted by atomic mass is 35.5. The SMILES string of the molecule is O=c1c2ccc(Cl)c3c(-c4ccccc4)ccc(c32)c2nc3ccccc3n12. The lowest BCUT2D eigenvalue weighted by atomic mass is 9.94. The van der Waals surface area contributed by atoms with Gasteiger partial charge in [-0.05, 0) is 41.5 Å². The van der Waals surface area contributed by atoms with Crippen LogP contribution in [0.25, 0.3) is 49.4 Å². The molecule has 0 N–H and O–H groups in total. The zero-order valence-electron chi connectivity index (χ0n) is 14.7. The van der Waals surface area contributed by atoms with Crippen molar-refractivity contribution < 1.29 is 0 Å². The number of para-hydroxylation sites is 2. The first-order valence-corrected chi connectivity index (χ1v) is 9.45. The van der Waals surface area contributed by atoms with Crippen LogP contribution in [-0.4, -0.2) is 9.38 Å². The molecule has 0 unspecified atom stereocenters. The van der Waals surface area contributed by atoms with E-state index in [0.717, 1.165) is 38.3 Å². The minimum atomic E-state index is -0.0666. The van der Waals surface area contributed by atoms with Crippen molar-refractivity contribution in [3.63, 3.8) is 0 Å². The van der Waals surface area contributed by atoms with Gasteiger partial charge in [-0.1, -0.05) is 60.1 Å². The smallest absolute Gasteiger partial charge is 0.264 e. The molecule has 28 heavy (non-hydrogen) atoms. The van der Waals surface area contributed by atoms with E-state index < -0.39 is 0 Å². The Morgan fingerprint density at radius 2 is 1.50 bits per heavy atom. The van der Waals surface area contributed by atoms with Gasteiger partial charge in [-0.2, -0.15) is 0 Å². The van der Waals surface area contributed by atoms with E-state index in [9.17, 15) is 4.79 Å². The number of hydrogen-bond donors (Lipinski definition) is 0. The molecule has 6 aromatic rings. The Bertz CT molecular complexity index is 1590. The number of benzene rings is 4. The molecule has 4 heteroatoms. The third-order valence-electron chi connectivity index (χ3n) is 5.43. The van der Waals surface area contributed by atoms with Crippen molar-refractivity contribution in [3.8, 4) is 11.1 Å². The second-order valence-electron chi connectivity index (χ2n) is 6.94. The molecular weight excluding hydrogens is 368 g/mol. The van der Waals surface area contributed by atoms with Crippen LogP contribution in [0.1, 0.15) is 0 Å². The average molecular weight is 381 g/mol. The van der Waals surface area contributed by atoms with Crippen molar-refractivity contribution >= 4 is 49.8 Å². The Labute approximate surface area is 164 Å². The summed E-state index contributed by atoms with van der Waals surface area (Å²) in [6, 6.07) is 25.6. The lowest BCUT2D eigenvalue weighted by molar-refractivity contribution is 1.19. The van der Waals surface area contributed by atoms with Crippen molar-refractivity contribution in [2.24, 2.45) is 0 Å². The number of halogens is 1. The minimum Gasteiger partial charge on any atom is -0.268 e. The molecule has 0 fully saturated rings. The Kier molecular flexibility index (Phi) is 3.09. The molecule has 0 spiro atoms. The summed E-state index contributed by atoms with van der Waals surface area (Å²) in [5.41, 5.74) is 4.32. The van der Waals surface area contributed by atoms with Crippen LogP contribution >= 0.6 is 11.6 Å². The van der Waals surface area contributed by atoms with Crippen LogP contribution < -0.4 is 5.56 Å². The third-order valence-corrected chi connectivity index (χ3v) is 5.74. The van der Waals surface area contributed by atoms with Crippen LogP contribution in [0.3, 0.4) is 0 Å². The van der Waals surface area contributed by atoms with Gasteiger partial charge in [0.2, 0.25) is 0 Å². The van der Waals surface area contributed by atoms with E-state index >= 15 is 0 Å². The highest BCUT2D eigenvalue weighted by Crippen LogP contribution is 2.39. The molecule has 0 radical (unpaired) electrons. The van der Waals surface area contributed by atoms with E-state index in [1.807, 2.05) is 54.6 Å². The van der Waals surface area contributed by atoms with Crippen LogP contribution in [0.2, 0.25) is 5.02 Å². The highest BCUT2D eigenvalue weighted by Gasteiger charge is 2.19. The number of pyridine rings is 1. The number of rotatable bonds is 1. The maximum absolute atomic E-state index is 13.4. The van der Waals surface area contributed by atoms with E-state index in [0.29, 0.717) is 16.1 Å². The summed E-state index contributed by atoms with van der Waals surface area (Å²) in [5, 5.41) is 4.00. The van der Waals surface area contributed by atoms with Gasteiger partial charge < -0.3 is 0 Å². The summed E-state index contributed by atoms with van der Waals surface area (Å²) < 4.78 is 1.71. The van der Waals surface area contributed by atoms with Crippen molar-refractivity contribution in [3.05, 3.63) is 94.2 Å². The summed E-state index contributed by atoms with van der Waals surface area (Å²) in [7, 11) is 0. The first-order chi connectivity index (χ1) is 13.7. The van der Waals surface area contributed by atoms with Gasteiger partial charge in [0.05, 0.1) is 11.0 Å². The average Bonchev–Trinajstić information content (AvgIpc) is 3.13. The standard InChI is InChI=1S/C24H13ClN2O/c25-18-13-12-17-21-16(11-10-15(22(18)21)14-6-2-1-3-7-14)23-26-19-8-4-5-9-20(19)27(23)24(17)28/h1-13H. The number of nitrogens with zero attached hydrogens (tertiary/aromatic N) is 2. The third kappa shape index (κ3) is 1.94. The van der Waals surface area contributed by atoms with Crippen LogP contribution in [0, 0.1) is 0 Å². The zero-order chi connectivity index (χ0) is 18.8. The lowest BCUT2D eigenvalue weighted by Gasteiger charge is -2.13. The predicted molar refractivity (Wildman–Crippen MR) is 116 cm³/mol. The summed E-state index contributed by atoms with van der Waals surface area (Å²) in [4.78, 5) is 18.2. The molecule has 2 aromatic heterocycles. The van der Waals surface area contributed by atoms with E-state index in [-0.39, 0.29) is 5.56 Å². The minimum absolute atomic E-state index is 0.0666. The van der Waals surface area contributed by atoms with Crippen molar-refractivity contribution in [2.75, 3.05) is 0 Å². The Morgan fingerprint density at radius 1 is 0.750 bits per heavy atom. The second-order valence-corrected chi connectivity index (χ2v) is 7.34. The van der Waals surface area contributed by atoms with E-state index in [2.05, 4.69) is 24.3 Å². The predicted octanol–water partition coefficient (Wildman–Crippen LogP) is 5.91. The van der Waals surface area contributed by atoms with Gasteiger partial charge in [0.1, 0.15) is 5.65 Å². The van der Waals surface area contributed by atoms with Gasteiger partial charge in [0, 0.05) is 26.6 Å². The Balaban J connectivity index is 1.91. The summed E-state index contributed by atoms with van der Waals surface area (Å²) in [6.45, 7) is 0. The monoisotopic (exact) mass is 380 g/mol. The van der Waals surface area contributed by atoms with Crippen molar-refractivity contribution in [1.29, 1.82) is 0 Å². The molecule has 0 atom stereocenters. The molecule has 2 heterocycles. The summed E-state index contributed by atoms with van der Waals surface area (Å²) in [5.74, 6) is 0. The molecule has 132 valence electrons. The largest absolute Gasteiger partial charge is 0.268 e. The fourth-order valence-electron chi connectivity index (χ4n) is 4.21. The number of fused-ring (bicyclic) bond motifs is 4. The second kappa shape index (κ2) is 5.54. The van der Waals surface area contributed by atoms with Gasteiger partial charge in [0.25, 0.3) is 5.56 Å². The van der Waals surface area contributed by atoms with Crippen LogP contribution in [0.5, 0.6) is 0 Å². The van der Waals surface area contributed by atoms with Gasteiger partial charge in [0.15, 0.2) is 0 Å². The molecular formula is C24H13ClN2O. The van der Waals surface area contributed by atoms with Gasteiger partial charge >= 0.3 is 0 Å². The molecule has 0 saturated carbocycles. The van der Waals surface area contributed by atoms with Crippen LogP contribution in [0.4, 0.5) is 0 Å². The molecule has 3 nitrogen and oxygen atoms in total. The first kappa shape index (κ1) is 15.6. The fraction of sp³-hybridized carbons (Fsp3) is 0. The highest BCUT2D eigenvalue weighted by molar-refractivity contribution is 6.39. The Hall–Kier alpha value is -3.43. The summed E-state index contributed by atoms with van der Waals surface area (Å²) in [6.07, 6.45) is 0. The number of imidazole rings is 1.